The minimum absolute atomic E-state index is 0.0705. The summed E-state index contributed by atoms with van der Waals surface area (Å²) in [4.78, 5) is 26.4. The molecule has 0 radical (unpaired) electrons. The van der Waals surface area contributed by atoms with E-state index in [9.17, 15) is 9.59 Å². The third-order valence-corrected chi connectivity index (χ3v) is 4.15. The lowest BCUT2D eigenvalue weighted by atomic mass is 10.0. The minimum atomic E-state index is -0.539. The average Bonchev–Trinajstić information content (AvgIpc) is 3.01. The summed E-state index contributed by atoms with van der Waals surface area (Å²) in [5, 5.41) is 2.92. The Balaban J connectivity index is 1.95. The van der Waals surface area contributed by atoms with Gasteiger partial charge < -0.3 is 16.0 Å². The highest BCUT2D eigenvalue weighted by molar-refractivity contribution is 5.90. The van der Waals surface area contributed by atoms with E-state index in [2.05, 4.69) is 5.32 Å². The van der Waals surface area contributed by atoms with Crippen molar-refractivity contribution in [2.45, 2.75) is 45.3 Å². The van der Waals surface area contributed by atoms with Gasteiger partial charge in [0.15, 0.2) is 0 Å². The van der Waals surface area contributed by atoms with Gasteiger partial charge in [-0.2, -0.15) is 0 Å². The molecule has 1 fully saturated rings. The maximum absolute atomic E-state index is 12.4. The van der Waals surface area contributed by atoms with E-state index in [-0.39, 0.29) is 23.8 Å². The highest BCUT2D eigenvalue weighted by atomic mass is 16.2. The molecule has 1 heterocycles. The van der Waals surface area contributed by atoms with Gasteiger partial charge in [-0.25, -0.2) is 0 Å². The summed E-state index contributed by atoms with van der Waals surface area (Å²) in [5.41, 5.74) is 6.99. The van der Waals surface area contributed by atoms with E-state index < -0.39 is 6.04 Å². The monoisotopic (exact) mass is 303 g/mol. The Morgan fingerprint density at radius 3 is 2.64 bits per heavy atom. The van der Waals surface area contributed by atoms with Crippen molar-refractivity contribution < 1.29 is 9.59 Å². The molecule has 1 saturated heterocycles. The van der Waals surface area contributed by atoms with Crippen molar-refractivity contribution in [2.24, 2.45) is 11.7 Å². The van der Waals surface area contributed by atoms with E-state index in [0.717, 1.165) is 12.0 Å². The molecule has 2 amide bonds. The van der Waals surface area contributed by atoms with E-state index >= 15 is 0 Å². The lowest BCUT2D eigenvalue weighted by Gasteiger charge is -2.28. The summed E-state index contributed by atoms with van der Waals surface area (Å²) >= 11 is 0. The molecule has 3 N–H and O–H groups in total. The van der Waals surface area contributed by atoms with Crippen LogP contribution in [-0.2, 0) is 16.1 Å². The van der Waals surface area contributed by atoms with Crippen LogP contribution in [0.3, 0.4) is 0 Å². The van der Waals surface area contributed by atoms with Crippen LogP contribution in [0.2, 0.25) is 0 Å². The topological polar surface area (TPSA) is 75.4 Å². The predicted octanol–water partition coefficient (Wildman–Crippen LogP) is 1.28. The molecule has 0 bridgehead atoms. The first kappa shape index (κ1) is 16.5. The van der Waals surface area contributed by atoms with Gasteiger partial charge in [0.25, 0.3) is 0 Å². The first-order valence-corrected chi connectivity index (χ1v) is 7.88. The number of nitrogens with zero attached hydrogens (tertiary/aromatic N) is 1. The first-order valence-electron chi connectivity index (χ1n) is 7.88. The third-order valence-electron chi connectivity index (χ3n) is 4.15. The smallest absolute Gasteiger partial charge is 0.243 e. The van der Waals surface area contributed by atoms with Crippen molar-refractivity contribution in [3.63, 3.8) is 0 Å². The van der Waals surface area contributed by atoms with Crippen LogP contribution in [0.15, 0.2) is 30.3 Å². The zero-order chi connectivity index (χ0) is 16.1. The van der Waals surface area contributed by atoms with Crippen LogP contribution in [0.1, 0.15) is 32.3 Å². The molecular formula is C17H25N3O2. The molecule has 120 valence electrons. The average molecular weight is 303 g/mol. The molecule has 0 aliphatic carbocycles. The zero-order valence-corrected chi connectivity index (χ0v) is 13.3. The molecule has 1 aliphatic rings. The van der Waals surface area contributed by atoms with Gasteiger partial charge in [0.2, 0.25) is 11.8 Å². The lowest BCUT2D eigenvalue weighted by Crippen LogP contribution is -2.52. The summed E-state index contributed by atoms with van der Waals surface area (Å²) in [6.45, 7) is 4.93. The molecule has 22 heavy (non-hydrogen) atoms. The number of amides is 2. The Labute approximate surface area is 131 Å². The van der Waals surface area contributed by atoms with Gasteiger partial charge in [-0.1, -0.05) is 44.2 Å². The SMILES string of the molecule is CC(C)[C@H](N)C(=O)N1CCC[C@H]1C(=O)NCc1ccccc1. The molecule has 0 saturated carbocycles. The fourth-order valence-electron chi connectivity index (χ4n) is 2.68. The molecule has 2 atom stereocenters. The second-order valence-corrected chi connectivity index (χ2v) is 6.16. The molecule has 0 unspecified atom stereocenters. The summed E-state index contributed by atoms with van der Waals surface area (Å²) in [5.74, 6) is -0.140. The van der Waals surface area contributed by atoms with Crippen molar-refractivity contribution in [2.75, 3.05) is 6.54 Å². The number of nitrogens with one attached hydrogen (secondary N) is 1. The number of nitrogens with two attached hydrogens (primary N) is 1. The van der Waals surface area contributed by atoms with Gasteiger partial charge in [0.05, 0.1) is 6.04 Å². The van der Waals surface area contributed by atoms with Gasteiger partial charge in [-0.05, 0) is 24.3 Å². The number of carbonyl (C=O) groups is 2. The number of hydrogen-bond acceptors (Lipinski definition) is 3. The largest absolute Gasteiger partial charge is 0.350 e. The molecule has 1 aromatic rings. The number of hydrogen-bond donors (Lipinski definition) is 2. The Morgan fingerprint density at radius 1 is 1.32 bits per heavy atom. The van der Waals surface area contributed by atoms with Crippen LogP contribution in [0.4, 0.5) is 0 Å². The van der Waals surface area contributed by atoms with Crippen LogP contribution in [-0.4, -0.2) is 35.3 Å². The maximum atomic E-state index is 12.4. The predicted molar refractivity (Wildman–Crippen MR) is 85.8 cm³/mol. The van der Waals surface area contributed by atoms with Crippen molar-refractivity contribution in [3.05, 3.63) is 35.9 Å². The number of carbonyl (C=O) groups excluding carboxylic acids is 2. The molecule has 1 aliphatic heterocycles. The summed E-state index contributed by atoms with van der Waals surface area (Å²) < 4.78 is 0. The lowest BCUT2D eigenvalue weighted by molar-refractivity contribution is -0.140. The molecule has 1 aromatic carbocycles. The fraction of sp³-hybridized carbons (Fsp3) is 0.529. The van der Waals surface area contributed by atoms with Gasteiger partial charge in [-0.15, -0.1) is 0 Å². The highest BCUT2D eigenvalue weighted by Gasteiger charge is 2.36. The summed E-state index contributed by atoms with van der Waals surface area (Å²) in [7, 11) is 0. The van der Waals surface area contributed by atoms with Crippen molar-refractivity contribution in [1.82, 2.24) is 10.2 Å². The van der Waals surface area contributed by atoms with E-state index in [0.29, 0.717) is 19.5 Å². The van der Waals surface area contributed by atoms with Gasteiger partial charge >= 0.3 is 0 Å². The normalized spacial score (nSPS) is 19.3. The Kier molecular flexibility index (Phi) is 5.55. The first-order chi connectivity index (χ1) is 10.5. The standard InChI is InChI=1S/C17H25N3O2/c1-12(2)15(18)17(22)20-10-6-9-14(20)16(21)19-11-13-7-4-3-5-8-13/h3-5,7-8,12,14-15H,6,9-11,18H2,1-2H3,(H,19,21)/t14-,15-/m0/s1. The molecule has 0 spiro atoms. The van der Waals surface area contributed by atoms with E-state index in [1.807, 2.05) is 44.2 Å². The number of rotatable bonds is 5. The number of benzene rings is 1. The molecule has 2 rings (SSSR count). The quantitative estimate of drug-likeness (QED) is 0.860. The molecular weight excluding hydrogens is 278 g/mol. The second kappa shape index (κ2) is 7.40. The van der Waals surface area contributed by atoms with E-state index in [1.165, 1.54) is 0 Å². The Morgan fingerprint density at radius 2 is 2.00 bits per heavy atom. The van der Waals surface area contributed by atoms with Crippen LogP contribution in [0.5, 0.6) is 0 Å². The molecule has 5 nitrogen and oxygen atoms in total. The van der Waals surface area contributed by atoms with E-state index in [4.69, 9.17) is 5.73 Å². The van der Waals surface area contributed by atoms with Crippen LogP contribution in [0.25, 0.3) is 0 Å². The van der Waals surface area contributed by atoms with Crippen molar-refractivity contribution >= 4 is 11.8 Å². The van der Waals surface area contributed by atoms with E-state index in [1.54, 1.807) is 4.90 Å². The second-order valence-electron chi connectivity index (χ2n) is 6.16. The molecule has 0 aromatic heterocycles. The minimum Gasteiger partial charge on any atom is -0.350 e. The van der Waals surface area contributed by atoms with Crippen LogP contribution in [0, 0.1) is 5.92 Å². The summed E-state index contributed by atoms with van der Waals surface area (Å²) in [6.07, 6.45) is 1.55. The van der Waals surface area contributed by atoms with Crippen LogP contribution >= 0.6 is 0 Å². The third kappa shape index (κ3) is 3.85. The number of likely N-dealkylation sites (tertiary alicyclic amines) is 1. The van der Waals surface area contributed by atoms with Gasteiger partial charge in [0.1, 0.15) is 6.04 Å². The van der Waals surface area contributed by atoms with Crippen LogP contribution < -0.4 is 11.1 Å². The summed E-state index contributed by atoms with van der Waals surface area (Å²) in [6, 6.07) is 8.82. The molecule has 5 heteroatoms. The van der Waals surface area contributed by atoms with Crippen molar-refractivity contribution in [3.8, 4) is 0 Å². The maximum Gasteiger partial charge on any atom is 0.243 e. The fourth-order valence-corrected chi connectivity index (χ4v) is 2.68. The zero-order valence-electron chi connectivity index (χ0n) is 13.3. The van der Waals surface area contributed by atoms with Gasteiger partial charge in [0, 0.05) is 13.1 Å². The highest BCUT2D eigenvalue weighted by Crippen LogP contribution is 2.19. The van der Waals surface area contributed by atoms with Gasteiger partial charge in [-0.3, -0.25) is 9.59 Å². The Hall–Kier alpha value is -1.88. The van der Waals surface area contributed by atoms with Crippen molar-refractivity contribution in [1.29, 1.82) is 0 Å². The Bertz CT molecular complexity index is 516.